The van der Waals surface area contributed by atoms with Gasteiger partial charge in [0.25, 0.3) is 0 Å². The van der Waals surface area contributed by atoms with Crippen molar-refractivity contribution in [2.45, 2.75) is 19.1 Å². The molecule has 2 atom stereocenters. The van der Waals surface area contributed by atoms with Crippen LogP contribution in [0.3, 0.4) is 0 Å². The molecule has 2 unspecified atom stereocenters. The first-order chi connectivity index (χ1) is 8.15. The van der Waals surface area contributed by atoms with Crippen LogP contribution in [0.5, 0.6) is 0 Å². The van der Waals surface area contributed by atoms with Crippen LogP contribution < -0.4 is 5.32 Å². The molecule has 2 aromatic heterocycles. The molecule has 0 saturated carbocycles. The maximum atomic E-state index is 9.66. The Morgan fingerprint density at radius 1 is 1.53 bits per heavy atom. The molecule has 1 aliphatic rings. The fourth-order valence-electron chi connectivity index (χ4n) is 1.99. The number of nitrogens with one attached hydrogen (secondary N) is 1. The zero-order chi connectivity index (χ0) is 12.0. The average molecular weight is 254 g/mol. The van der Waals surface area contributed by atoms with Gasteiger partial charge in [0.1, 0.15) is 0 Å². The Balaban J connectivity index is 1.88. The molecule has 92 valence electrons. The molecule has 0 amide bonds. The number of anilines is 1. The number of nitrogens with zero attached hydrogens (tertiary/aromatic N) is 3. The molecule has 17 heavy (non-hydrogen) atoms. The lowest BCUT2D eigenvalue weighted by atomic mass is 10.2. The molecule has 7 heteroatoms. The molecular weight excluding hydrogens is 240 g/mol. The molecule has 1 aliphatic heterocycles. The number of hydrogen-bond acceptors (Lipinski definition) is 6. The van der Waals surface area contributed by atoms with Crippen LogP contribution in [0.4, 0.5) is 5.13 Å². The van der Waals surface area contributed by atoms with Crippen molar-refractivity contribution in [2.75, 3.05) is 18.5 Å². The van der Waals surface area contributed by atoms with E-state index in [0.717, 1.165) is 21.2 Å². The molecule has 1 saturated heterocycles. The third kappa shape index (κ3) is 1.80. The van der Waals surface area contributed by atoms with Gasteiger partial charge in [0.15, 0.2) is 10.8 Å². The van der Waals surface area contributed by atoms with Crippen LogP contribution in [-0.4, -0.2) is 45.2 Å². The maximum Gasteiger partial charge on any atom is 0.185 e. The number of thiazole rings is 1. The van der Waals surface area contributed by atoms with Gasteiger partial charge in [0, 0.05) is 7.05 Å². The van der Waals surface area contributed by atoms with Crippen LogP contribution >= 0.6 is 11.3 Å². The van der Waals surface area contributed by atoms with E-state index in [1.807, 2.05) is 14.0 Å². The first-order valence-electron chi connectivity index (χ1n) is 5.47. The van der Waals surface area contributed by atoms with Crippen LogP contribution in [0.1, 0.15) is 5.69 Å². The maximum absolute atomic E-state index is 9.66. The molecule has 0 radical (unpaired) electrons. The van der Waals surface area contributed by atoms with Gasteiger partial charge in [-0.1, -0.05) is 11.3 Å². The number of aromatic nitrogens is 3. The van der Waals surface area contributed by atoms with E-state index in [1.54, 1.807) is 16.0 Å². The Morgan fingerprint density at radius 2 is 2.35 bits per heavy atom. The van der Waals surface area contributed by atoms with Crippen LogP contribution in [-0.2, 0) is 11.8 Å². The van der Waals surface area contributed by atoms with Gasteiger partial charge in [-0.15, -0.1) is 0 Å². The number of rotatable bonds is 2. The van der Waals surface area contributed by atoms with Crippen molar-refractivity contribution in [1.29, 1.82) is 0 Å². The summed E-state index contributed by atoms with van der Waals surface area (Å²) in [4.78, 5) is 4.47. The quantitative estimate of drug-likeness (QED) is 0.817. The highest BCUT2D eigenvalue weighted by molar-refractivity contribution is 7.22. The van der Waals surface area contributed by atoms with E-state index >= 15 is 0 Å². The minimum absolute atomic E-state index is 0.0659. The van der Waals surface area contributed by atoms with Crippen LogP contribution in [0.25, 0.3) is 10.3 Å². The molecule has 0 bridgehead atoms. The minimum Gasteiger partial charge on any atom is -0.388 e. The number of aliphatic hydroxyl groups excluding tert-OH is 1. The average Bonchev–Trinajstić information content (AvgIpc) is 2.91. The second kappa shape index (κ2) is 3.94. The van der Waals surface area contributed by atoms with Crippen molar-refractivity contribution in [3.63, 3.8) is 0 Å². The highest BCUT2D eigenvalue weighted by atomic mass is 32.1. The number of aryl methyl sites for hydroxylation is 2. The minimum atomic E-state index is -0.457. The van der Waals surface area contributed by atoms with E-state index in [2.05, 4.69) is 15.4 Å². The van der Waals surface area contributed by atoms with Gasteiger partial charge in [-0.25, -0.2) is 9.67 Å². The number of fused-ring (bicyclic) bond motifs is 1. The van der Waals surface area contributed by atoms with E-state index in [9.17, 15) is 5.11 Å². The molecule has 0 aliphatic carbocycles. The van der Waals surface area contributed by atoms with Gasteiger partial charge >= 0.3 is 0 Å². The third-order valence-corrected chi connectivity index (χ3v) is 3.99. The van der Waals surface area contributed by atoms with Crippen molar-refractivity contribution >= 4 is 26.8 Å². The molecule has 1 fully saturated rings. The molecule has 0 aromatic carbocycles. The molecule has 0 spiro atoms. The summed E-state index contributed by atoms with van der Waals surface area (Å²) < 4.78 is 8.05. The predicted molar refractivity (Wildman–Crippen MR) is 65.4 cm³/mol. The molecular formula is C10H14N4O2S. The number of ether oxygens (including phenoxy) is 1. The topological polar surface area (TPSA) is 72.2 Å². The normalized spacial score (nSPS) is 24.6. The van der Waals surface area contributed by atoms with Crippen LogP contribution in [0.15, 0.2) is 0 Å². The van der Waals surface area contributed by atoms with Crippen molar-refractivity contribution < 1.29 is 9.84 Å². The standard InChI is InChI=1S/C10H14N4O2S/c1-5-8-9(14(2)13-5)12-10(17-8)11-6-3-16-4-7(6)15/h6-7,15H,3-4H2,1-2H3,(H,11,12). The second-order valence-corrected chi connectivity index (χ2v) is 5.24. The van der Waals surface area contributed by atoms with Gasteiger partial charge < -0.3 is 15.2 Å². The summed E-state index contributed by atoms with van der Waals surface area (Å²) in [6.07, 6.45) is -0.457. The Hall–Kier alpha value is -1.18. The Labute approximate surface area is 102 Å². The fraction of sp³-hybridized carbons (Fsp3) is 0.600. The molecule has 3 heterocycles. The number of aliphatic hydroxyl groups is 1. The highest BCUT2D eigenvalue weighted by Crippen LogP contribution is 2.29. The smallest absolute Gasteiger partial charge is 0.185 e. The fourth-order valence-corrected chi connectivity index (χ4v) is 2.98. The Bertz CT molecular complexity index is 515. The van der Waals surface area contributed by atoms with Gasteiger partial charge in [-0.05, 0) is 6.92 Å². The van der Waals surface area contributed by atoms with E-state index in [1.165, 1.54) is 0 Å². The summed E-state index contributed by atoms with van der Waals surface area (Å²) in [5.41, 5.74) is 1.86. The van der Waals surface area contributed by atoms with E-state index in [0.29, 0.717) is 13.2 Å². The van der Waals surface area contributed by atoms with Crippen molar-refractivity contribution in [3.05, 3.63) is 5.69 Å². The van der Waals surface area contributed by atoms with Gasteiger partial charge in [-0.3, -0.25) is 0 Å². The molecule has 2 aromatic rings. The Kier molecular flexibility index (Phi) is 2.53. The third-order valence-electron chi connectivity index (χ3n) is 2.90. The van der Waals surface area contributed by atoms with Crippen LogP contribution in [0, 0.1) is 6.92 Å². The lowest BCUT2D eigenvalue weighted by Crippen LogP contribution is -2.31. The van der Waals surface area contributed by atoms with Crippen molar-refractivity contribution in [3.8, 4) is 0 Å². The summed E-state index contributed by atoms with van der Waals surface area (Å²) in [7, 11) is 1.88. The Morgan fingerprint density at radius 3 is 3.00 bits per heavy atom. The highest BCUT2D eigenvalue weighted by Gasteiger charge is 2.27. The van der Waals surface area contributed by atoms with Gasteiger partial charge in [0.05, 0.1) is 35.8 Å². The van der Waals surface area contributed by atoms with Crippen molar-refractivity contribution in [2.24, 2.45) is 7.05 Å². The molecule has 3 rings (SSSR count). The van der Waals surface area contributed by atoms with E-state index < -0.39 is 6.10 Å². The summed E-state index contributed by atoms with van der Waals surface area (Å²) in [5.74, 6) is 0. The summed E-state index contributed by atoms with van der Waals surface area (Å²) in [6, 6.07) is -0.0659. The zero-order valence-electron chi connectivity index (χ0n) is 9.67. The van der Waals surface area contributed by atoms with E-state index in [-0.39, 0.29) is 6.04 Å². The van der Waals surface area contributed by atoms with E-state index in [4.69, 9.17) is 4.74 Å². The lowest BCUT2D eigenvalue weighted by molar-refractivity contribution is 0.125. The van der Waals surface area contributed by atoms with Gasteiger partial charge in [0.2, 0.25) is 0 Å². The SMILES string of the molecule is Cc1nn(C)c2nc(NC3COCC3O)sc12. The lowest BCUT2D eigenvalue weighted by Gasteiger charge is -2.12. The van der Waals surface area contributed by atoms with Crippen LogP contribution in [0.2, 0.25) is 0 Å². The monoisotopic (exact) mass is 254 g/mol. The number of hydrogen-bond donors (Lipinski definition) is 2. The van der Waals surface area contributed by atoms with Crippen molar-refractivity contribution in [1.82, 2.24) is 14.8 Å². The summed E-state index contributed by atoms with van der Waals surface area (Å²) >= 11 is 1.56. The molecule has 2 N–H and O–H groups in total. The first-order valence-corrected chi connectivity index (χ1v) is 6.29. The first kappa shape index (κ1) is 10.9. The molecule has 6 nitrogen and oxygen atoms in total. The summed E-state index contributed by atoms with van der Waals surface area (Å²) in [6.45, 7) is 2.88. The summed E-state index contributed by atoms with van der Waals surface area (Å²) in [5, 5.41) is 18.0. The predicted octanol–water partition coefficient (Wildman–Crippen LogP) is 0.510. The zero-order valence-corrected chi connectivity index (χ0v) is 10.5. The largest absolute Gasteiger partial charge is 0.388 e. The second-order valence-electron chi connectivity index (χ2n) is 4.24. The van der Waals surface area contributed by atoms with Gasteiger partial charge in [-0.2, -0.15) is 5.10 Å².